The van der Waals surface area contributed by atoms with Crippen molar-refractivity contribution in [2.24, 2.45) is 0 Å². The Morgan fingerprint density at radius 2 is 2.50 bits per heavy atom. The molecule has 0 spiro atoms. The molecule has 1 unspecified atom stereocenters. The topological polar surface area (TPSA) is 20.3 Å². The van der Waals surface area contributed by atoms with E-state index in [1.54, 1.807) is 0 Å². The van der Waals surface area contributed by atoms with Gasteiger partial charge in [0, 0.05) is 17.1 Å². The van der Waals surface area contributed by atoms with E-state index in [-0.39, 0.29) is 0 Å². The van der Waals surface area contributed by atoms with Gasteiger partial charge in [0.25, 0.3) is 0 Å². The van der Waals surface area contributed by atoms with Crippen LogP contribution in [-0.2, 0) is 4.79 Å². The summed E-state index contributed by atoms with van der Waals surface area (Å²) < 4.78 is 0. The van der Waals surface area contributed by atoms with Crippen molar-refractivity contribution in [2.75, 3.05) is 12.3 Å². The quantitative estimate of drug-likeness (QED) is 0.451. The molecule has 2 heterocycles. The second-order valence-electron chi connectivity index (χ2n) is 2.64. The molecule has 0 N–H and O–H groups in total. The van der Waals surface area contributed by atoms with Gasteiger partial charge in [-0.05, 0) is 0 Å². The van der Waals surface area contributed by atoms with Gasteiger partial charge in [-0.15, -0.1) is 11.8 Å². The van der Waals surface area contributed by atoms with Crippen molar-refractivity contribution in [3.63, 3.8) is 0 Å². The van der Waals surface area contributed by atoms with E-state index in [9.17, 15) is 4.79 Å². The van der Waals surface area contributed by atoms with Crippen LogP contribution in [0.15, 0.2) is 0 Å². The molecule has 2 fully saturated rings. The van der Waals surface area contributed by atoms with Gasteiger partial charge in [-0.2, -0.15) is 0 Å². The number of carbonyl (C=O) groups is 1. The lowest BCUT2D eigenvalue weighted by Gasteiger charge is -2.44. The van der Waals surface area contributed by atoms with Crippen LogP contribution in [-0.4, -0.2) is 33.3 Å². The van der Waals surface area contributed by atoms with E-state index in [0.29, 0.717) is 16.1 Å². The predicted molar refractivity (Wildman–Crippen MR) is 45.3 cm³/mol. The van der Waals surface area contributed by atoms with Crippen molar-refractivity contribution >= 4 is 33.6 Å². The maximum Gasteiger partial charge on any atom is 0.226 e. The number of alkyl halides is 1. The lowest BCUT2D eigenvalue weighted by atomic mass is 10.2. The number of fused-ring (bicyclic) bond motifs is 1. The van der Waals surface area contributed by atoms with Crippen molar-refractivity contribution in [1.29, 1.82) is 0 Å². The molecule has 0 aromatic heterocycles. The highest BCUT2D eigenvalue weighted by molar-refractivity contribution is 9.09. The first-order valence-electron chi connectivity index (χ1n) is 3.32. The molecule has 2 rings (SSSR count). The molecule has 2 nitrogen and oxygen atoms in total. The minimum absolute atomic E-state index is 0.321. The molecule has 0 saturated carbocycles. The number of β-lactam (4-membered cyclic amide) rings is 1. The van der Waals surface area contributed by atoms with E-state index in [0.717, 1.165) is 18.7 Å². The standard InChI is InChI=1S/C6H8BrNOS/c7-4-2-8-5(9)1-6(8)10-3-4/h4,6H,1-3H2/t4?,6-/m0/s1. The summed E-state index contributed by atoms with van der Waals surface area (Å²) in [5.74, 6) is 1.47. The van der Waals surface area contributed by atoms with Crippen molar-refractivity contribution in [3.8, 4) is 0 Å². The van der Waals surface area contributed by atoms with Crippen LogP contribution in [0, 0.1) is 0 Å². The third-order valence-electron chi connectivity index (χ3n) is 1.88. The molecule has 0 aromatic rings. The number of halogens is 1. The highest BCUT2D eigenvalue weighted by Crippen LogP contribution is 2.35. The van der Waals surface area contributed by atoms with E-state index in [2.05, 4.69) is 15.9 Å². The van der Waals surface area contributed by atoms with E-state index in [1.165, 1.54) is 0 Å². The molecule has 0 radical (unpaired) electrons. The van der Waals surface area contributed by atoms with Gasteiger partial charge in [0.2, 0.25) is 5.91 Å². The fraction of sp³-hybridized carbons (Fsp3) is 0.833. The lowest BCUT2D eigenvalue weighted by molar-refractivity contribution is -0.141. The fourth-order valence-corrected chi connectivity index (χ4v) is 3.23. The Kier molecular flexibility index (Phi) is 1.68. The van der Waals surface area contributed by atoms with Gasteiger partial charge >= 0.3 is 0 Å². The third kappa shape index (κ3) is 0.975. The van der Waals surface area contributed by atoms with Gasteiger partial charge < -0.3 is 4.90 Å². The molecule has 4 heteroatoms. The number of hydrogen-bond donors (Lipinski definition) is 0. The first-order valence-corrected chi connectivity index (χ1v) is 5.29. The van der Waals surface area contributed by atoms with Gasteiger partial charge in [-0.3, -0.25) is 4.79 Å². The summed E-state index contributed by atoms with van der Waals surface area (Å²) in [6, 6.07) is 0. The van der Waals surface area contributed by atoms with Crippen LogP contribution in [0.5, 0.6) is 0 Å². The van der Waals surface area contributed by atoms with Gasteiger partial charge in [-0.1, -0.05) is 15.9 Å². The molecule has 0 bridgehead atoms. The van der Waals surface area contributed by atoms with Crippen molar-refractivity contribution < 1.29 is 4.79 Å². The van der Waals surface area contributed by atoms with Crippen LogP contribution in [0.4, 0.5) is 0 Å². The average molecular weight is 222 g/mol. The summed E-state index contributed by atoms with van der Waals surface area (Å²) in [5, 5.41) is 0.515. The zero-order valence-electron chi connectivity index (χ0n) is 5.42. The van der Waals surface area contributed by atoms with E-state index < -0.39 is 0 Å². The largest absolute Gasteiger partial charge is 0.329 e. The number of nitrogens with zero attached hydrogens (tertiary/aromatic N) is 1. The molecule has 2 aliphatic heterocycles. The predicted octanol–water partition coefficient (Wildman–Crippen LogP) is 1.06. The van der Waals surface area contributed by atoms with Gasteiger partial charge in [0.1, 0.15) is 0 Å². The van der Waals surface area contributed by atoms with Gasteiger partial charge in [0.05, 0.1) is 11.8 Å². The van der Waals surface area contributed by atoms with Crippen molar-refractivity contribution in [2.45, 2.75) is 16.6 Å². The first-order chi connectivity index (χ1) is 4.77. The molecule has 0 aliphatic carbocycles. The summed E-state index contributed by atoms with van der Waals surface area (Å²) in [7, 11) is 0. The minimum Gasteiger partial charge on any atom is -0.329 e. The molecule has 10 heavy (non-hydrogen) atoms. The van der Waals surface area contributed by atoms with E-state index in [1.807, 2.05) is 16.7 Å². The second kappa shape index (κ2) is 2.41. The summed E-state index contributed by atoms with van der Waals surface area (Å²) in [6.45, 7) is 0.913. The summed E-state index contributed by atoms with van der Waals surface area (Å²) in [5.41, 5.74) is 0. The smallest absolute Gasteiger partial charge is 0.226 e. The summed E-state index contributed by atoms with van der Waals surface area (Å²) in [6.07, 6.45) is 0.768. The monoisotopic (exact) mass is 221 g/mol. The highest BCUT2D eigenvalue weighted by Gasteiger charge is 2.40. The zero-order chi connectivity index (χ0) is 7.14. The van der Waals surface area contributed by atoms with Crippen molar-refractivity contribution in [3.05, 3.63) is 0 Å². The normalized spacial score (nSPS) is 38.9. The molecular weight excluding hydrogens is 214 g/mol. The first kappa shape index (κ1) is 6.98. The molecule has 0 aromatic carbocycles. The van der Waals surface area contributed by atoms with Gasteiger partial charge in [-0.25, -0.2) is 0 Å². The number of amides is 1. The van der Waals surface area contributed by atoms with Crippen LogP contribution in [0.2, 0.25) is 0 Å². The SMILES string of the molecule is O=C1C[C@@H]2SCC(Br)CN12. The molecule has 2 atom stereocenters. The molecule has 2 aliphatic rings. The number of thioether (sulfide) groups is 1. The Hall–Kier alpha value is 0.300. The number of hydrogen-bond acceptors (Lipinski definition) is 2. The summed E-state index contributed by atoms with van der Waals surface area (Å²) >= 11 is 5.39. The minimum atomic E-state index is 0.321. The number of carbonyl (C=O) groups excluding carboxylic acids is 1. The average Bonchev–Trinajstić information content (AvgIpc) is 1.92. The Morgan fingerprint density at radius 3 is 3.10 bits per heavy atom. The summed E-state index contributed by atoms with van der Waals surface area (Å²) in [4.78, 5) is 13.4. The van der Waals surface area contributed by atoms with Crippen LogP contribution in [0.25, 0.3) is 0 Å². The Bertz CT molecular complexity index is 175. The molecule has 56 valence electrons. The van der Waals surface area contributed by atoms with Crippen molar-refractivity contribution in [1.82, 2.24) is 4.90 Å². The third-order valence-corrected chi connectivity index (χ3v) is 4.32. The van der Waals surface area contributed by atoms with Crippen LogP contribution < -0.4 is 0 Å². The molecule has 1 amide bonds. The van der Waals surface area contributed by atoms with E-state index >= 15 is 0 Å². The Labute approximate surface area is 72.5 Å². The van der Waals surface area contributed by atoms with Gasteiger partial charge in [0.15, 0.2) is 0 Å². The van der Waals surface area contributed by atoms with Crippen LogP contribution in [0.1, 0.15) is 6.42 Å². The Balaban J connectivity index is 2.00. The second-order valence-corrected chi connectivity index (χ2v) is 5.14. The maximum atomic E-state index is 10.9. The van der Waals surface area contributed by atoms with Crippen LogP contribution in [0.3, 0.4) is 0 Å². The maximum absolute atomic E-state index is 10.9. The number of rotatable bonds is 0. The zero-order valence-corrected chi connectivity index (χ0v) is 7.82. The lowest BCUT2D eigenvalue weighted by Crippen LogP contribution is -2.56. The highest BCUT2D eigenvalue weighted by atomic mass is 79.9. The van der Waals surface area contributed by atoms with Crippen LogP contribution >= 0.6 is 27.7 Å². The van der Waals surface area contributed by atoms with E-state index in [4.69, 9.17) is 0 Å². The molecule has 2 saturated heterocycles. The fourth-order valence-electron chi connectivity index (χ4n) is 1.27. The Morgan fingerprint density at radius 1 is 1.70 bits per heavy atom. The molecular formula is C6H8BrNOS.